The van der Waals surface area contributed by atoms with Crippen LogP contribution in [0, 0.1) is 0 Å². The fourth-order valence-corrected chi connectivity index (χ4v) is 3.15. The Labute approximate surface area is 128 Å². The van der Waals surface area contributed by atoms with Gasteiger partial charge in [0.25, 0.3) is 0 Å². The van der Waals surface area contributed by atoms with Gasteiger partial charge in [-0.1, -0.05) is 37.3 Å². The molecule has 2 heteroatoms. The highest BCUT2D eigenvalue weighted by Gasteiger charge is 2.32. The van der Waals surface area contributed by atoms with Crippen LogP contribution in [0.4, 0.5) is 0 Å². The third-order valence-corrected chi connectivity index (χ3v) is 4.23. The minimum atomic E-state index is -0.142. The lowest BCUT2D eigenvalue weighted by Gasteiger charge is -2.04. The number of ketones is 2. The van der Waals surface area contributed by atoms with Gasteiger partial charge in [0.2, 0.25) is 0 Å². The van der Waals surface area contributed by atoms with Crippen LogP contribution in [0.1, 0.15) is 34.1 Å². The number of benzene rings is 3. The summed E-state index contributed by atoms with van der Waals surface area (Å²) in [6.45, 7) is 1.93. The maximum Gasteiger partial charge on any atom is 0.197 e. The number of carbonyl (C=O) groups is 2. The Hall–Kier alpha value is -2.74. The van der Waals surface area contributed by atoms with Crippen LogP contribution in [0.2, 0.25) is 0 Å². The first-order valence-corrected chi connectivity index (χ1v) is 7.45. The van der Waals surface area contributed by atoms with Crippen molar-refractivity contribution in [2.45, 2.75) is 13.3 Å². The molecule has 1 aliphatic rings. The fourth-order valence-electron chi connectivity index (χ4n) is 3.15. The Kier molecular flexibility index (Phi) is 2.73. The quantitative estimate of drug-likeness (QED) is 0.369. The van der Waals surface area contributed by atoms with Gasteiger partial charge in [-0.2, -0.15) is 0 Å². The summed E-state index contributed by atoms with van der Waals surface area (Å²) in [5.41, 5.74) is 1.39. The lowest BCUT2D eigenvalue weighted by atomic mass is 9.99. The lowest BCUT2D eigenvalue weighted by Crippen LogP contribution is -1.99. The number of rotatable bonds is 1. The highest BCUT2D eigenvalue weighted by Crippen LogP contribution is 2.32. The summed E-state index contributed by atoms with van der Waals surface area (Å²) in [5.74, 6) is -0.284. The zero-order valence-corrected chi connectivity index (χ0v) is 12.2. The van der Waals surface area contributed by atoms with Crippen LogP contribution < -0.4 is 0 Å². The highest BCUT2D eigenvalue weighted by molar-refractivity contribution is 6.40. The molecule has 1 aliphatic carbocycles. The van der Waals surface area contributed by atoms with Crippen molar-refractivity contribution in [3.8, 4) is 0 Å². The van der Waals surface area contributed by atoms with Crippen LogP contribution in [-0.2, 0) is 0 Å². The summed E-state index contributed by atoms with van der Waals surface area (Å²) in [7, 11) is 0. The third-order valence-electron chi connectivity index (χ3n) is 4.23. The van der Waals surface area contributed by atoms with E-state index in [9.17, 15) is 9.59 Å². The van der Waals surface area contributed by atoms with Crippen LogP contribution in [0.25, 0.3) is 21.5 Å². The number of fused-ring (bicyclic) bond motifs is 3. The average molecular weight is 286 g/mol. The van der Waals surface area contributed by atoms with Gasteiger partial charge in [0.15, 0.2) is 11.6 Å². The number of Topliss-reactive ketones (excluding diaryl/α,β-unsaturated/α-hetero) is 2. The van der Waals surface area contributed by atoms with E-state index in [1.807, 2.05) is 31.2 Å². The second kappa shape index (κ2) is 4.63. The minimum Gasteiger partial charge on any atom is -0.288 e. The van der Waals surface area contributed by atoms with Crippen LogP contribution >= 0.6 is 0 Å². The second-order valence-corrected chi connectivity index (χ2v) is 5.63. The Bertz CT molecular complexity index is 917. The molecule has 0 radical (unpaired) electrons. The van der Waals surface area contributed by atoms with E-state index in [1.165, 1.54) is 0 Å². The van der Waals surface area contributed by atoms with Gasteiger partial charge in [0, 0.05) is 11.1 Å². The van der Waals surface area contributed by atoms with E-state index in [0.29, 0.717) is 23.1 Å². The fraction of sp³-hybridized carbons (Fsp3) is 0.100. The molecule has 22 heavy (non-hydrogen) atoms. The molecule has 0 N–H and O–H groups in total. The summed E-state index contributed by atoms with van der Waals surface area (Å²) in [6.07, 6.45) is 2.41. The van der Waals surface area contributed by atoms with Crippen molar-refractivity contribution >= 4 is 33.1 Å². The van der Waals surface area contributed by atoms with Gasteiger partial charge in [-0.15, -0.1) is 0 Å². The van der Waals surface area contributed by atoms with Gasteiger partial charge >= 0.3 is 0 Å². The van der Waals surface area contributed by atoms with E-state index in [2.05, 4.69) is 24.3 Å². The van der Waals surface area contributed by atoms with Gasteiger partial charge in [-0.25, -0.2) is 0 Å². The zero-order chi connectivity index (χ0) is 15.3. The molecule has 4 rings (SSSR count). The van der Waals surface area contributed by atoms with Gasteiger partial charge in [0.05, 0.1) is 5.57 Å². The summed E-state index contributed by atoms with van der Waals surface area (Å²) in [4.78, 5) is 24.8. The Morgan fingerprint density at radius 2 is 1.27 bits per heavy atom. The number of hydrogen-bond acceptors (Lipinski definition) is 2. The highest BCUT2D eigenvalue weighted by atomic mass is 16.2. The molecule has 0 spiro atoms. The monoisotopic (exact) mass is 286 g/mol. The molecule has 0 aliphatic heterocycles. The molecule has 106 valence electrons. The molecule has 0 saturated heterocycles. The average Bonchev–Trinajstić information content (AvgIpc) is 2.76. The topological polar surface area (TPSA) is 34.1 Å². The number of hydrogen-bond donors (Lipinski definition) is 0. The van der Waals surface area contributed by atoms with Crippen molar-refractivity contribution in [1.29, 1.82) is 0 Å². The van der Waals surface area contributed by atoms with Gasteiger partial charge < -0.3 is 0 Å². The summed E-state index contributed by atoms with van der Waals surface area (Å²) in [5, 5.41) is 4.26. The van der Waals surface area contributed by atoms with Gasteiger partial charge in [-0.05, 0) is 52.2 Å². The largest absolute Gasteiger partial charge is 0.288 e. The molecule has 0 bridgehead atoms. The predicted octanol–water partition coefficient (Wildman–Crippen LogP) is 4.71. The molecule has 3 aromatic carbocycles. The first-order valence-electron chi connectivity index (χ1n) is 7.45. The van der Waals surface area contributed by atoms with Gasteiger partial charge in [-0.3, -0.25) is 9.59 Å². The summed E-state index contributed by atoms with van der Waals surface area (Å²) in [6, 6.07) is 16.0. The van der Waals surface area contributed by atoms with Crippen LogP contribution in [-0.4, -0.2) is 11.6 Å². The Balaban J connectivity index is 2.03. The predicted molar refractivity (Wildman–Crippen MR) is 88.5 cm³/mol. The minimum absolute atomic E-state index is 0.142. The van der Waals surface area contributed by atoms with E-state index in [-0.39, 0.29) is 11.6 Å². The van der Waals surface area contributed by atoms with E-state index in [1.54, 1.807) is 6.08 Å². The molecule has 0 saturated carbocycles. The van der Waals surface area contributed by atoms with Crippen molar-refractivity contribution < 1.29 is 9.59 Å². The SMILES string of the molecule is CCC=C1C(=O)c2cc3cc4ccccc4cc3cc2C1=O. The normalized spacial score (nSPS) is 14.0. The summed E-state index contributed by atoms with van der Waals surface area (Å²) >= 11 is 0. The van der Waals surface area contributed by atoms with Crippen LogP contribution in [0.5, 0.6) is 0 Å². The molecule has 0 amide bonds. The molecule has 3 aromatic rings. The molecule has 0 unspecified atom stereocenters. The van der Waals surface area contributed by atoms with E-state index >= 15 is 0 Å². The van der Waals surface area contributed by atoms with E-state index in [4.69, 9.17) is 0 Å². The molecule has 2 nitrogen and oxygen atoms in total. The number of carbonyl (C=O) groups excluding carboxylic acids is 2. The van der Waals surface area contributed by atoms with Crippen LogP contribution in [0.3, 0.4) is 0 Å². The van der Waals surface area contributed by atoms with Crippen molar-refractivity contribution in [3.63, 3.8) is 0 Å². The maximum absolute atomic E-state index is 12.4. The van der Waals surface area contributed by atoms with Crippen LogP contribution in [0.15, 0.2) is 60.2 Å². The van der Waals surface area contributed by atoms with Crippen molar-refractivity contribution in [2.75, 3.05) is 0 Å². The van der Waals surface area contributed by atoms with E-state index in [0.717, 1.165) is 21.5 Å². The first kappa shape index (κ1) is 13.0. The molecule has 0 fully saturated rings. The Morgan fingerprint density at radius 3 is 1.73 bits per heavy atom. The maximum atomic E-state index is 12.4. The number of allylic oxidation sites excluding steroid dienone is 2. The zero-order valence-electron chi connectivity index (χ0n) is 12.2. The molecule has 0 atom stereocenters. The molecular weight excluding hydrogens is 272 g/mol. The van der Waals surface area contributed by atoms with Crippen molar-refractivity contribution in [2.24, 2.45) is 0 Å². The Morgan fingerprint density at radius 1 is 0.773 bits per heavy atom. The van der Waals surface area contributed by atoms with E-state index < -0.39 is 0 Å². The first-order chi connectivity index (χ1) is 10.7. The van der Waals surface area contributed by atoms with Crippen molar-refractivity contribution in [1.82, 2.24) is 0 Å². The molecule has 0 heterocycles. The standard InChI is InChI=1S/C20H14O2/c1-2-5-16-19(21)17-10-14-8-12-6-3-4-7-13(12)9-15(14)11-18(17)20(16)22/h3-11H,2H2,1H3. The van der Waals surface area contributed by atoms with Gasteiger partial charge in [0.1, 0.15) is 0 Å². The van der Waals surface area contributed by atoms with Crippen molar-refractivity contribution in [3.05, 3.63) is 71.3 Å². The lowest BCUT2D eigenvalue weighted by molar-refractivity contribution is 0.0988. The summed E-state index contributed by atoms with van der Waals surface area (Å²) < 4.78 is 0. The second-order valence-electron chi connectivity index (χ2n) is 5.63. The molecular formula is C20H14O2. The smallest absolute Gasteiger partial charge is 0.197 e. The third kappa shape index (κ3) is 1.74. The molecule has 0 aromatic heterocycles.